The van der Waals surface area contributed by atoms with Crippen molar-refractivity contribution in [1.29, 1.82) is 0 Å². The van der Waals surface area contributed by atoms with Crippen molar-refractivity contribution in [2.75, 3.05) is 21.2 Å². The van der Waals surface area contributed by atoms with Crippen LogP contribution >= 0.6 is 34.8 Å². The van der Waals surface area contributed by atoms with Gasteiger partial charge in [-0.3, -0.25) is 4.79 Å². The second-order valence-electron chi connectivity index (χ2n) is 1.70. The standard InChI is InChI=1S/C4H6Cl3NO.CH4O/c1-8(2)3(9)4(5,6)7;1-2/h1-2H3;2H,1H3. The van der Waals surface area contributed by atoms with E-state index < -0.39 is 9.70 Å². The molecule has 68 valence electrons. The number of hydrogen-bond donors (Lipinski definition) is 1. The van der Waals surface area contributed by atoms with Gasteiger partial charge in [0.05, 0.1) is 0 Å². The molecule has 0 unspecified atom stereocenters. The second-order valence-corrected chi connectivity index (χ2v) is 3.98. The van der Waals surface area contributed by atoms with Crippen molar-refractivity contribution in [3.63, 3.8) is 0 Å². The van der Waals surface area contributed by atoms with E-state index in [4.69, 9.17) is 39.9 Å². The molecule has 0 aromatic heterocycles. The molecule has 6 heteroatoms. The molecule has 3 nitrogen and oxygen atoms in total. The molecular formula is C5H10Cl3NO2. The summed E-state index contributed by atoms with van der Waals surface area (Å²) in [6.45, 7) is 0. The van der Waals surface area contributed by atoms with Crippen molar-refractivity contribution in [3.8, 4) is 0 Å². The molecule has 0 radical (unpaired) electrons. The lowest BCUT2D eigenvalue weighted by atomic mass is 10.6. The van der Waals surface area contributed by atoms with E-state index >= 15 is 0 Å². The highest BCUT2D eigenvalue weighted by atomic mass is 35.6. The summed E-state index contributed by atoms with van der Waals surface area (Å²) in [4.78, 5) is 11.9. The lowest BCUT2D eigenvalue weighted by molar-refractivity contribution is -0.127. The first-order chi connectivity index (χ1) is 4.85. The van der Waals surface area contributed by atoms with Gasteiger partial charge >= 0.3 is 0 Å². The Hall–Kier alpha value is 0.300. The van der Waals surface area contributed by atoms with Gasteiger partial charge in [-0.25, -0.2) is 0 Å². The Labute approximate surface area is 80.8 Å². The predicted molar refractivity (Wildman–Crippen MR) is 47.1 cm³/mol. The van der Waals surface area contributed by atoms with E-state index in [2.05, 4.69) is 0 Å². The van der Waals surface area contributed by atoms with E-state index in [1.165, 1.54) is 19.0 Å². The predicted octanol–water partition coefficient (Wildman–Crippen LogP) is 1.05. The zero-order valence-electron chi connectivity index (χ0n) is 6.44. The van der Waals surface area contributed by atoms with Gasteiger partial charge in [-0.05, 0) is 0 Å². The van der Waals surface area contributed by atoms with Crippen LogP contribution in [0, 0.1) is 0 Å². The lowest BCUT2D eigenvalue weighted by Gasteiger charge is -2.15. The molecule has 11 heavy (non-hydrogen) atoms. The topological polar surface area (TPSA) is 40.5 Å². The minimum Gasteiger partial charge on any atom is -0.400 e. The number of carbonyl (C=O) groups is 1. The monoisotopic (exact) mass is 221 g/mol. The SMILES string of the molecule is CN(C)C(=O)C(Cl)(Cl)Cl.CO. The summed E-state index contributed by atoms with van der Waals surface area (Å²) in [6.07, 6.45) is 0. The van der Waals surface area contributed by atoms with Crippen molar-refractivity contribution in [2.45, 2.75) is 3.79 Å². The highest BCUT2D eigenvalue weighted by Crippen LogP contribution is 2.27. The molecule has 0 atom stereocenters. The van der Waals surface area contributed by atoms with Crippen molar-refractivity contribution >= 4 is 40.7 Å². The van der Waals surface area contributed by atoms with E-state index in [-0.39, 0.29) is 0 Å². The first-order valence-electron chi connectivity index (χ1n) is 2.59. The summed E-state index contributed by atoms with van der Waals surface area (Å²) in [5, 5.41) is 7.00. The van der Waals surface area contributed by atoms with Crippen LogP contribution in [-0.2, 0) is 4.79 Å². The Morgan fingerprint density at radius 1 is 1.27 bits per heavy atom. The van der Waals surface area contributed by atoms with Crippen molar-refractivity contribution in [1.82, 2.24) is 4.90 Å². The maximum Gasteiger partial charge on any atom is 0.274 e. The summed E-state index contributed by atoms with van der Waals surface area (Å²) < 4.78 is -1.82. The summed E-state index contributed by atoms with van der Waals surface area (Å²) in [5.41, 5.74) is 0. The summed E-state index contributed by atoms with van der Waals surface area (Å²) >= 11 is 15.7. The highest BCUT2D eigenvalue weighted by molar-refractivity contribution is 6.76. The van der Waals surface area contributed by atoms with Crippen LogP contribution in [-0.4, -0.2) is 40.9 Å². The van der Waals surface area contributed by atoms with Crippen LogP contribution in [0.3, 0.4) is 0 Å². The number of nitrogens with zero attached hydrogens (tertiary/aromatic N) is 1. The Bertz CT molecular complexity index is 121. The normalized spacial score (nSPS) is 9.73. The quantitative estimate of drug-likeness (QED) is 0.623. The van der Waals surface area contributed by atoms with Gasteiger partial charge in [0.2, 0.25) is 0 Å². The number of hydrogen-bond acceptors (Lipinski definition) is 2. The van der Waals surface area contributed by atoms with Gasteiger partial charge in [0.1, 0.15) is 0 Å². The van der Waals surface area contributed by atoms with Gasteiger partial charge in [-0.1, -0.05) is 34.8 Å². The van der Waals surface area contributed by atoms with Crippen molar-refractivity contribution in [2.24, 2.45) is 0 Å². The van der Waals surface area contributed by atoms with E-state index in [0.717, 1.165) is 7.11 Å². The molecule has 1 N–H and O–H groups in total. The highest BCUT2D eigenvalue weighted by Gasteiger charge is 2.31. The minimum absolute atomic E-state index is 0.535. The van der Waals surface area contributed by atoms with Crippen LogP contribution in [0.4, 0.5) is 0 Å². The number of rotatable bonds is 0. The van der Waals surface area contributed by atoms with Gasteiger partial charge < -0.3 is 10.0 Å². The van der Waals surface area contributed by atoms with Crippen LogP contribution in [0.25, 0.3) is 0 Å². The molecule has 0 aromatic carbocycles. The van der Waals surface area contributed by atoms with Crippen LogP contribution in [0.5, 0.6) is 0 Å². The zero-order chi connectivity index (χ0) is 9.65. The van der Waals surface area contributed by atoms with Crippen LogP contribution in [0.1, 0.15) is 0 Å². The van der Waals surface area contributed by atoms with E-state index in [1.807, 2.05) is 0 Å². The average molecular weight is 222 g/mol. The molecule has 0 spiro atoms. The van der Waals surface area contributed by atoms with E-state index in [1.54, 1.807) is 0 Å². The fourth-order valence-corrected chi connectivity index (χ4v) is 0.761. The zero-order valence-corrected chi connectivity index (χ0v) is 8.70. The number of alkyl halides is 3. The molecular weight excluding hydrogens is 212 g/mol. The Balaban J connectivity index is 0. The average Bonchev–Trinajstić information content (AvgIpc) is 1.89. The lowest BCUT2D eigenvalue weighted by Crippen LogP contribution is -2.33. The summed E-state index contributed by atoms with van der Waals surface area (Å²) in [7, 11) is 4.04. The van der Waals surface area contributed by atoms with Gasteiger partial charge in [0, 0.05) is 21.2 Å². The van der Waals surface area contributed by atoms with Crippen molar-refractivity contribution < 1.29 is 9.90 Å². The molecule has 0 aliphatic heterocycles. The first kappa shape index (κ1) is 13.9. The third-order valence-electron chi connectivity index (χ3n) is 0.649. The van der Waals surface area contributed by atoms with E-state index in [0.29, 0.717) is 0 Å². The van der Waals surface area contributed by atoms with Crippen LogP contribution in [0.2, 0.25) is 0 Å². The number of aliphatic hydroxyl groups is 1. The maximum absolute atomic E-state index is 10.7. The minimum atomic E-state index is -1.82. The number of halogens is 3. The second kappa shape index (κ2) is 5.89. The smallest absolute Gasteiger partial charge is 0.274 e. The molecule has 0 aliphatic rings. The molecule has 0 bridgehead atoms. The third-order valence-corrected chi connectivity index (χ3v) is 1.13. The van der Waals surface area contributed by atoms with E-state index in [9.17, 15) is 4.79 Å². The fourth-order valence-electron chi connectivity index (χ4n) is 0.254. The third kappa shape index (κ3) is 6.69. The van der Waals surface area contributed by atoms with Gasteiger partial charge in [-0.2, -0.15) is 0 Å². The fraction of sp³-hybridized carbons (Fsp3) is 0.800. The summed E-state index contributed by atoms with van der Waals surface area (Å²) in [5.74, 6) is -0.535. The number of amides is 1. The molecule has 0 heterocycles. The Morgan fingerprint density at radius 3 is 1.55 bits per heavy atom. The molecule has 0 aromatic rings. The number of aliphatic hydroxyl groups excluding tert-OH is 1. The van der Waals surface area contributed by atoms with Crippen molar-refractivity contribution in [3.05, 3.63) is 0 Å². The summed E-state index contributed by atoms with van der Waals surface area (Å²) in [6, 6.07) is 0. The molecule has 0 saturated carbocycles. The first-order valence-corrected chi connectivity index (χ1v) is 3.72. The Morgan fingerprint density at radius 2 is 1.55 bits per heavy atom. The van der Waals surface area contributed by atoms with Gasteiger partial charge in [0.25, 0.3) is 9.70 Å². The van der Waals surface area contributed by atoms with Crippen LogP contribution in [0.15, 0.2) is 0 Å². The molecule has 0 fully saturated rings. The largest absolute Gasteiger partial charge is 0.400 e. The van der Waals surface area contributed by atoms with Gasteiger partial charge in [-0.15, -0.1) is 0 Å². The molecule has 0 aliphatic carbocycles. The Kier molecular flexibility index (Phi) is 7.42. The van der Waals surface area contributed by atoms with Crippen LogP contribution < -0.4 is 0 Å². The molecule has 0 rings (SSSR count). The van der Waals surface area contributed by atoms with Gasteiger partial charge in [0.15, 0.2) is 0 Å². The molecule has 1 amide bonds. The number of carbonyl (C=O) groups excluding carboxylic acids is 1. The molecule has 0 saturated heterocycles. The maximum atomic E-state index is 10.7.